The summed E-state index contributed by atoms with van der Waals surface area (Å²) in [7, 11) is -3.28. The van der Waals surface area contributed by atoms with Gasteiger partial charge in [0, 0.05) is 19.3 Å². The van der Waals surface area contributed by atoms with E-state index in [1.165, 1.54) is 15.6 Å². The lowest BCUT2D eigenvalue weighted by molar-refractivity contribution is -0.120. The van der Waals surface area contributed by atoms with Crippen molar-refractivity contribution in [1.29, 1.82) is 0 Å². The largest absolute Gasteiger partial charge is 0.302 e. The summed E-state index contributed by atoms with van der Waals surface area (Å²) < 4.78 is 26.0. The summed E-state index contributed by atoms with van der Waals surface area (Å²) in [6, 6.07) is 5.67. The smallest absolute Gasteiger partial charge is 0.230 e. The van der Waals surface area contributed by atoms with Crippen LogP contribution in [0.3, 0.4) is 0 Å². The van der Waals surface area contributed by atoms with E-state index in [4.69, 9.17) is 0 Å². The van der Waals surface area contributed by atoms with E-state index < -0.39 is 10.0 Å². The van der Waals surface area contributed by atoms with E-state index in [1.807, 2.05) is 32.0 Å². The Morgan fingerprint density at radius 3 is 2.93 bits per heavy atom. The van der Waals surface area contributed by atoms with Gasteiger partial charge in [-0.15, -0.1) is 0 Å². The van der Waals surface area contributed by atoms with Crippen molar-refractivity contribution >= 4 is 32.4 Å². The van der Waals surface area contributed by atoms with Gasteiger partial charge in [0.15, 0.2) is 5.13 Å². The van der Waals surface area contributed by atoms with Crippen molar-refractivity contribution < 1.29 is 13.2 Å². The van der Waals surface area contributed by atoms with E-state index in [0.717, 1.165) is 16.3 Å². The number of piperidine rings is 1. The summed E-state index contributed by atoms with van der Waals surface area (Å²) in [5, 5.41) is 3.39. The van der Waals surface area contributed by atoms with Gasteiger partial charge in [-0.05, 0) is 38.3 Å². The zero-order chi connectivity index (χ0) is 19.4. The van der Waals surface area contributed by atoms with Crippen LogP contribution in [-0.4, -0.2) is 47.4 Å². The molecule has 1 fully saturated rings. The van der Waals surface area contributed by atoms with Gasteiger partial charge >= 0.3 is 0 Å². The number of anilines is 1. The van der Waals surface area contributed by atoms with Crippen LogP contribution < -0.4 is 5.32 Å². The third-order valence-electron chi connectivity index (χ3n) is 4.53. The number of nitrogens with one attached hydrogen (secondary N) is 1. The highest BCUT2D eigenvalue weighted by molar-refractivity contribution is 7.89. The summed E-state index contributed by atoms with van der Waals surface area (Å²) >= 11 is 1.38. The molecule has 1 N–H and O–H groups in total. The fraction of sp³-hybridized carbons (Fsp3) is 0.500. The Bertz CT molecular complexity index is 897. The molecule has 1 aliphatic heterocycles. The third-order valence-corrected chi connectivity index (χ3v) is 7.67. The minimum absolute atomic E-state index is 0.125. The number of amides is 1. The van der Waals surface area contributed by atoms with E-state index in [0.29, 0.717) is 30.9 Å². The molecule has 1 atom stereocenters. The van der Waals surface area contributed by atoms with E-state index in [1.54, 1.807) is 6.20 Å². The molecule has 0 unspecified atom stereocenters. The predicted molar refractivity (Wildman–Crippen MR) is 107 cm³/mol. The van der Waals surface area contributed by atoms with Crippen LogP contribution in [0.2, 0.25) is 0 Å². The van der Waals surface area contributed by atoms with Gasteiger partial charge < -0.3 is 5.32 Å². The van der Waals surface area contributed by atoms with Gasteiger partial charge in [-0.2, -0.15) is 0 Å². The number of nitrogens with zero attached hydrogens (tertiary/aromatic N) is 3. The summed E-state index contributed by atoms with van der Waals surface area (Å²) in [5.74, 6) is -0.402. The van der Waals surface area contributed by atoms with E-state index in [2.05, 4.69) is 15.3 Å². The average Bonchev–Trinajstić information content (AvgIpc) is 3.02. The molecule has 0 radical (unpaired) electrons. The summed E-state index contributed by atoms with van der Waals surface area (Å²) in [6.07, 6.45) is 3.67. The normalized spacial score (nSPS) is 18.4. The van der Waals surface area contributed by atoms with Crippen molar-refractivity contribution in [1.82, 2.24) is 14.3 Å². The highest BCUT2D eigenvalue weighted by atomic mass is 32.2. The van der Waals surface area contributed by atoms with E-state index in [-0.39, 0.29) is 24.1 Å². The number of hydrogen-bond donors (Lipinski definition) is 1. The molecule has 1 amide bonds. The molecule has 0 bridgehead atoms. The molecule has 3 rings (SSSR count). The molecule has 2 aromatic heterocycles. The van der Waals surface area contributed by atoms with Crippen molar-refractivity contribution in [3.8, 4) is 10.6 Å². The number of carbonyl (C=O) groups is 1. The van der Waals surface area contributed by atoms with Crippen LogP contribution in [0.15, 0.2) is 24.4 Å². The maximum absolute atomic E-state index is 12.7. The lowest BCUT2D eigenvalue weighted by atomic mass is 9.99. The molecule has 3 heterocycles. The Morgan fingerprint density at radius 2 is 2.22 bits per heavy atom. The predicted octanol–water partition coefficient (Wildman–Crippen LogP) is 2.90. The Kier molecular flexibility index (Phi) is 6.23. The number of sulfonamides is 1. The zero-order valence-electron chi connectivity index (χ0n) is 15.5. The number of aryl methyl sites for hydroxylation is 1. The first kappa shape index (κ1) is 19.9. The molecule has 1 aliphatic rings. The Labute approximate surface area is 163 Å². The van der Waals surface area contributed by atoms with Crippen molar-refractivity contribution in [3.05, 3.63) is 30.1 Å². The molecule has 0 aromatic carbocycles. The van der Waals surface area contributed by atoms with Gasteiger partial charge in [0.1, 0.15) is 0 Å². The van der Waals surface area contributed by atoms with E-state index in [9.17, 15) is 13.2 Å². The van der Waals surface area contributed by atoms with Crippen LogP contribution in [0.5, 0.6) is 0 Å². The summed E-state index contributed by atoms with van der Waals surface area (Å²) in [4.78, 5) is 22.4. The highest BCUT2D eigenvalue weighted by Crippen LogP contribution is 2.32. The van der Waals surface area contributed by atoms with Gasteiger partial charge in [0.05, 0.1) is 27.9 Å². The molecule has 0 aliphatic carbocycles. The molecular formula is C18H24N4O3S2. The minimum Gasteiger partial charge on any atom is -0.302 e. The highest BCUT2D eigenvalue weighted by Gasteiger charge is 2.32. The van der Waals surface area contributed by atoms with Gasteiger partial charge in [-0.3, -0.25) is 9.78 Å². The fourth-order valence-corrected chi connectivity index (χ4v) is 5.72. The van der Waals surface area contributed by atoms with Gasteiger partial charge in [0.25, 0.3) is 0 Å². The van der Waals surface area contributed by atoms with Gasteiger partial charge in [0.2, 0.25) is 15.9 Å². The van der Waals surface area contributed by atoms with Crippen molar-refractivity contribution in [2.75, 3.05) is 24.2 Å². The number of hydrogen-bond acceptors (Lipinski definition) is 6. The van der Waals surface area contributed by atoms with Crippen molar-refractivity contribution in [2.24, 2.45) is 5.92 Å². The molecule has 0 spiro atoms. The van der Waals surface area contributed by atoms with Crippen LogP contribution in [0.25, 0.3) is 10.6 Å². The van der Waals surface area contributed by atoms with Crippen LogP contribution in [0.1, 0.15) is 31.9 Å². The molecular weight excluding hydrogens is 384 g/mol. The molecule has 9 heteroatoms. The quantitative estimate of drug-likeness (QED) is 0.793. The lowest BCUT2D eigenvalue weighted by Gasteiger charge is -2.30. The minimum atomic E-state index is -3.28. The third kappa shape index (κ3) is 4.72. The van der Waals surface area contributed by atoms with Gasteiger partial charge in [-0.25, -0.2) is 17.7 Å². The fourth-order valence-electron chi connectivity index (χ4n) is 3.19. The van der Waals surface area contributed by atoms with Crippen LogP contribution in [0.4, 0.5) is 5.13 Å². The SMILES string of the molecule is CCCS(=O)(=O)N1CCC[C@@H](C(=O)Nc2nc(C)c(-c3ccccn3)s2)C1. The van der Waals surface area contributed by atoms with Crippen molar-refractivity contribution in [3.63, 3.8) is 0 Å². The second-order valence-electron chi connectivity index (χ2n) is 6.65. The number of pyridine rings is 1. The van der Waals surface area contributed by atoms with E-state index >= 15 is 0 Å². The standard InChI is InChI=1S/C18H24N4O3S2/c1-3-11-27(24,25)22-10-6-7-14(12-22)17(23)21-18-20-13(2)16(26-18)15-8-4-5-9-19-15/h4-5,8-9,14H,3,6-7,10-12H2,1-2H3,(H,20,21,23)/t14-/m1/s1. The Balaban J connectivity index is 1.69. The number of aromatic nitrogens is 2. The molecule has 1 saturated heterocycles. The first-order valence-electron chi connectivity index (χ1n) is 9.08. The first-order chi connectivity index (χ1) is 12.9. The molecule has 7 nitrogen and oxygen atoms in total. The summed E-state index contributed by atoms with van der Waals surface area (Å²) in [6.45, 7) is 4.46. The zero-order valence-corrected chi connectivity index (χ0v) is 17.1. The molecule has 0 saturated carbocycles. The second-order valence-corrected chi connectivity index (χ2v) is 9.74. The lowest BCUT2D eigenvalue weighted by Crippen LogP contribution is -2.44. The van der Waals surface area contributed by atoms with Crippen LogP contribution in [0, 0.1) is 12.8 Å². The number of thiazole rings is 1. The first-order valence-corrected chi connectivity index (χ1v) is 11.5. The Hall–Kier alpha value is -1.84. The maximum atomic E-state index is 12.7. The van der Waals surface area contributed by atoms with Crippen molar-refractivity contribution in [2.45, 2.75) is 33.1 Å². The van der Waals surface area contributed by atoms with Crippen LogP contribution >= 0.6 is 11.3 Å². The number of rotatable bonds is 6. The molecule has 146 valence electrons. The van der Waals surface area contributed by atoms with Crippen LogP contribution in [-0.2, 0) is 14.8 Å². The monoisotopic (exact) mass is 408 g/mol. The average molecular weight is 409 g/mol. The second kappa shape index (κ2) is 8.45. The summed E-state index contributed by atoms with van der Waals surface area (Å²) in [5.41, 5.74) is 1.63. The van der Waals surface area contributed by atoms with Gasteiger partial charge in [-0.1, -0.05) is 24.3 Å². The number of carbonyl (C=O) groups excluding carboxylic acids is 1. The molecule has 27 heavy (non-hydrogen) atoms. The molecule has 2 aromatic rings. The Morgan fingerprint density at radius 1 is 1.41 bits per heavy atom. The topological polar surface area (TPSA) is 92.3 Å². The maximum Gasteiger partial charge on any atom is 0.230 e.